The quantitative estimate of drug-likeness (QED) is 0.397. The van der Waals surface area contributed by atoms with Crippen molar-refractivity contribution in [1.82, 2.24) is 4.90 Å². The van der Waals surface area contributed by atoms with Crippen molar-refractivity contribution in [3.63, 3.8) is 0 Å². The molecular weight excluding hydrogens is 450 g/mol. The molecule has 2 aromatic rings. The number of methoxy groups -OCH3 is 2. The van der Waals surface area contributed by atoms with Crippen LogP contribution in [0.1, 0.15) is 42.9 Å². The van der Waals surface area contributed by atoms with E-state index in [1.807, 2.05) is 29.2 Å². The van der Waals surface area contributed by atoms with Gasteiger partial charge in [-0.15, -0.1) is 11.3 Å². The first-order valence-electron chi connectivity index (χ1n) is 9.98. The van der Waals surface area contributed by atoms with Crippen molar-refractivity contribution in [2.45, 2.75) is 13.8 Å². The zero-order valence-electron chi connectivity index (χ0n) is 18.4. The Morgan fingerprint density at radius 3 is 2.12 bits per heavy atom. The van der Waals surface area contributed by atoms with Gasteiger partial charge in [0.2, 0.25) is 0 Å². The Hall–Kier alpha value is -2.98. The van der Waals surface area contributed by atoms with Gasteiger partial charge in [0, 0.05) is 37.4 Å². The Bertz CT molecular complexity index is 1040. The first-order valence-corrected chi connectivity index (χ1v) is 11.2. The number of benzene rings is 1. The van der Waals surface area contributed by atoms with E-state index in [4.69, 9.17) is 21.7 Å². The summed E-state index contributed by atoms with van der Waals surface area (Å²) in [5.74, 6) is -1.01. The van der Waals surface area contributed by atoms with Gasteiger partial charge in [-0.05, 0) is 55.9 Å². The molecule has 0 unspecified atom stereocenters. The number of hydrogen-bond donors (Lipinski definition) is 1. The fraction of sp³-hybridized carbons (Fsp3) is 0.364. The molecule has 8 nitrogen and oxygen atoms in total. The minimum atomic E-state index is -0.543. The molecule has 0 amide bonds. The molecule has 1 N–H and O–H groups in total. The summed E-state index contributed by atoms with van der Waals surface area (Å²) in [6.07, 6.45) is 0. The van der Waals surface area contributed by atoms with Crippen LogP contribution >= 0.6 is 23.6 Å². The monoisotopic (exact) mass is 475 g/mol. The molecule has 0 radical (unpaired) electrons. The van der Waals surface area contributed by atoms with Crippen molar-refractivity contribution in [3.8, 4) is 0 Å². The summed E-state index contributed by atoms with van der Waals surface area (Å²) >= 11 is 6.70. The highest BCUT2D eigenvalue weighted by molar-refractivity contribution is 7.80. The van der Waals surface area contributed by atoms with E-state index in [1.165, 1.54) is 14.2 Å². The third-order valence-electron chi connectivity index (χ3n) is 5.33. The van der Waals surface area contributed by atoms with Gasteiger partial charge in [0.05, 0.1) is 19.8 Å². The van der Waals surface area contributed by atoms with Gasteiger partial charge in [0.25, 0.3) is 0 Å². The third-order valence-corrected chi connectivity index (χ3v) is 6.88. The van der Waals surface area contributed by atoms with Crippen molar-refractivity contribution in [2.24, 2.45) is 0 Å². The van der Waals surface area contributed by atoms with Crippen LogP contribution in [-0.2, 0) is 9.47 Å². The standard InChI is InChI=1S/C22H25N3O5S2/c1-13-17(20(27)29-3)19(32-18(13)21(28)30-4)23-22(31)25-11-9-24(10-12-25)16-7-5-15(6-8-16)14(2)26/h5-8H,9-12H2,1-4H3,(H,23,31). The molecule has 1 aliphatic heterocycles. The molecule has 0 aliphatic carbocycles. The summed E-state index contributed by atoms with van der Waals surface area (Å²) in [5.41, 5.74) is 2.53. The van der Waals surface area contributed by atoms with Crippen LogP contribution in [0.25, 0.3) is 0 Å². The number of nitrogens with zero attached hydrogens (tertiary/aromatic N) is 2. The van der Waals surface area contributed by atoms with Crippen LogP contribution in [-0.4, -0.2) is 68.1 Å². The molecule has 0 saturated carbocycles. The van der Waals surface area contributed by atoms with Crippen LogP contribution in [0.15, 0.2) is 24.3 Å². The van der Waals surface area contributed by atoms with E-state index < -0.39 is 11.9 Å². The summed E-state index contributed by atoms with van der Waals surface area (Å²) in [5, 5.41) is 4.05. The minimum absolute atomic E-state index is 0.0447. The summed E-state index contributed by atoms with van der Waals surface area (Å²) in [6.45, 7) is 6.10. The largest absolute Gasteiger partial charge is 0.465 e. The number of esters is 2. The van der Waals surface area contributed by atoms with E-state index >= 15 is 0 Å². The highest BCUT2D eigenvalue weighted by atomic mass is 32.1. The van der Waals surface area contributed by atoms with E-state index in [0.717, 1.165) is 30.1 Å². The van der Waals surface area contributed by atoms with Crippen molar-refractivity contribution in [1.29, 1.82) is 0 Å². The Labute approximate surface area is 196 Å². The fourth-order valence-corrected chi connectivity index (χ4v) is 4.95. The van der Waals surface area contributed by atoms with E-state index in [1.54, 1.807) is 13.8 Å². The smallest absolute Gasteiger partial charge is 0.348 e. The lowest BCUT2D eigenvalue weighted by atomic mass is 10.1. The van der Waals surface area contributed by atoms with E-state index in [9.17, 15) is 14.4 Å². The third kappa shape index (κ3) is 4.91. The van der Waals surface area contributed by atoms with Crippen LogP contribution < -0.4 is 10.2 Å². The second-order valence-electron chi connectivity index (χ2n) is 7.25. The lowest BCUT2D eigenvalue weighted by Gasteiger charge is -2.37. The lowest BCUT2D eigenvalue weighted by molar-refractivity contribution is 0.0601. The normalized spacial score (nSPS) is 13.5. The predicted molar refractivity (Wildman–Crippen MR) is 128 cm³/mol. The molecule has 1 aromatic heterocycles. The summed E-state index contributed by atoms with van der Waals surface area (Å²) in [6, 6.07) is 7.58. The van der Waals surface area contributed by atoms with Gasteiger partial charge in [0.15, 0.2) is 10.9 Å². The first-order chi connectivity index (χ1) is 15.3. The van der Waals surface area contributed by atoms with E-state index in [-0.39, 0.29) is 11.3 Å². The van der Waals surface area contributed by atoms with Crippen molar-refractivity contribution >= 4 is 57.1 Å². The molecule has 1 saturated heterocycles. The molecule has 10 heteroatoms. The molecule has 1 fully saturated rings. The molecule has 2 heterocycles. The van der Waals surface area contributed by atoms with Crippen LogP contribution in [0.3, 0.4) is 0 Å². The molecule has 3 rings (SSSR count). The molecule has 0 bridgehead atoms. The number of rotatable bonds is 5. The minimum Gasteiger partial charge on any atom is -0.465 e. The Balaban J connectivity index is 1.69. The highest BCUT2D eigenvalue weighted by Gasteiger charge is 2.27. The second-order valence-corrected chi connectivity index (χ2v) is 8.66. The van der Waals surface area contributed by atoms with Gasteiger partial charge >= 0.3 is 11.9 Å². The van der Waals surface area contributed by atoms with Crippen molar-refractivity contribution in [2.75, 3.05) is 50.6 Å². The van der Waals surface area contributed by atoms with Gasteiger partial charge in [-0.25, -0.2) is 9.59 Å². The number of ether oxygens (including phenoxy) is 2. The molecule has 0 atom stereocenters. The van der Waals surface area contributed by atoms with Crippen molar-refractivity contribution < 1.29 is 23.9 Å². The molecule has 170 valence electrons. The van der Waals surface area contributed by atoms with Gasteiger partial charge in [-0.2, -0.15) is 0 Å². The van der Waals surface area contributed by atoms with Gasteiger partial charge in [0.1, 0.15) is 9.88 Å². The predicted octanol–water partition coefficient (Wildman–Crippen LogP) is 3.35. The maximum absolute atomic E-state index is 12.3. The number of Topliss-reactive ketones (excluding diaryl/α,β-unsaturated/α-hetero) is 1. The van der Waals surface area contributed by atoms with Crippen LogP contribution in [0.2, 0.25) is 0 Å². The number of ketones is 1. The Morgan fingerprint density at radius 2 is 1.59 bits per heavy atom. The molecule has 1 aromatic carbocycles. The molecule has 1 aliphatic rings. The number of hydrogen-bond acceptors (Lipinski definition) is 8. The number of anilines is 2. The van der Waals surface area contributed by atoms with Crippen LogP contribution in [0, 0.1) is 6.92 Å². The van der Waals surface area contributed by atoms with Gasteiger partial charge in [-0.3, -0.25) is 4.79 Å². The zero-order valence-corrected chi connectivity index (χ0v) is 20.0. The van der Waals surface area contributed by atoms with Crippen LogP contribution in [0.5, 0.6) is 0 Å². The van der Waals surface area contributed by atoms with Crippen LogP contribution in [0.4, 0.5) is 10.7 Å². The maximum Gasteiger partial charge on any atom is 0.348 e. The average Bonchev–Trinajstić information content (AvgIpc) is 3.13. The maximum atomic E-state index is 12.3. The number of carbonyl (C=O) groups excluding carboxylic acids is 3. The summed E-state index contributed by atoms with van der Waals surface area (Å²) < 4.78 is 9.71. The van der Waals surface area contributed by atoms with E-state index in [2.05, 4.69) is 10.2 Å². The Kier molecular flexibility index (Phi) is 7.47. The average molecular weight is 476 g/mol. The second kappa shape index (κ2) is 10.1. The lowest BCUT2D eigenvalue weighted by Crippen LogP contribution is -2.50. The first kappa shape index (κ1) is 23.7. The number of thiophene rings is 1. The number of piperazine rings is 1. The van der Waals surface area contributed by atoms with E-state index in [0.29, 0.717) is 39.2 Å². The number of nitrogens with one attached hydrogen (secondary N) is 1. The summed E-state index contributed by atoms with van der Waals surface area (Å²) in [7, 11) is 2.59. The topological polar surface area (TPSA) is 88.2 Å². The SMILES string of the molecule is COC(=O)c1sc(NC(=S)N2CCN(c3ccc(C(C)=O)cc3)CC2)c(C(=O)OC)c1C. The molecular formula is C22H25N3O5S2. The van der Waals surface area contributed by atoms with Crippen molar-refractivity contribution in [3.05, 3.63) is 45.8 Å². The molecule has 0 spiro atoms. The van der Waals surface area contributed by atoms with Gasteiger partial charge in [-0.1, -0.05) is 0 Å². The fourth-order valence-electron chi connectivity index (χ4n) is 3.49. The molecule has 32 heavy (non-hydrogen) atoms. The zero-order chi connectivity index (χ0) is 23.4. The summed E-state index contributed by atoms with van der Waals surface area (Å²) in [4.78, 5) is 40.4. The Morgan fingerprint density at radius 1 is 1.00 bits per heavy atom. The number of carbonyl (C=O) groups is 3. The number of thiocarbonyl (C=S) groups is 1. The highest BCUT2D eigenvalue weighted by Crippen LogP contribution is 2.34. The van der Waals surface area contributed by atoms with Gasteiger partial charge < -0.3 is 24.6 Å².